The van der Waals surface area contributed by atoms with Crippen LogP contribution in [0.1, 0.15) is 48.6 Å². The van der Waals surface area contributed by atoms with E-state index in [2.05, 4.69) is 25.8 Å². The van der Waals surface area contributed by atoms with Crippen molar-refractivity contribution in [3.63, 3.8) is 0 Å². The molecule has 1 heterocycles. The molecule has 0 amide bonds. The zero-order valence-corrected chi connectivity index (χ0v) is 22.4. The average molecular weight is 518 g/mol. The third-order valence-electron chi connectivity index (χ3n) is 6.38. The number of benzene rings is 4. The molecule has 0 fully saturated rings. The minimum absolute atomic E-state index is 0.0326. The smallest absolute Gasteiger partial charge is 0.363 e. The monoisotopic (exact) mass is 517 g/mol. The van der Waals surface area contributed by atoms with Gasteiger partial charge in [0, 0.05) is 17.2 Å². The van der Waals surface area contributed by atoms with Crippen molar-refractivity contribution >= 4 is 17.9 Å². The fourth-order valence-electron chi connectivity index (χ4n) is 4.12. The molecule has 1 aliphatic rings. The summed E-state index contributed by atoms with van der Waals surface area (Å²) in [6.45, 7) is 7.29. The first-order valence-corrected chi connectivity index (χ1v) is 13.0. The largest absolute Gasteiger partial charge is 0.489 e. The molecule has 0 bridgehead atoms. The zero-order chi connectivity index (χ0) is 27.2. The van der Waals surface area contributed by atoms with Gasteiger partial charge in [0.25, 0.3) is 0 Å². The van der Waals surface area contributed by atoms with Crippen molar-refractivity contribution in [1.82, 2.24) is 0 Å². The number of carbonyl (C=O) groups is 1. The fourth-order valence-corrected chi connectivity index (χ4v) is 4.12. The van der Waals surface area contributed by atoms with Gasteiger partial charge in [-0.2, -0.15) is 0 Å². The van der Waals surface area contributed by atoms with Gasteiger partial charge in [-0.05, 0) is 52.4 Å². The molecule has 5 heteroatoms. The molecule has 5 rings (SSSR count). The number of hydrogen-bond acceptors (Lipinski definition) is 5. The number of esters is 1. The lowest BCUT2D eigenvalue weighted by atomic mass is 9.87. The number of carbonyl (C=O) groups excluding carboxylic acids is 1. The van der Waals surface area contributed by atoms with Crippen LogP contribution in [-0.2, 0) is 28.2 Å². The van der Waals surface area contributed by atoms with Crippen molar-refractivity contribution in [2.45, 2.75) is 39.4 Å². The van der Waals surface area contributed by atoms with Gasteiger partial charge < -0.3 is 14.2 Å². The molecule has 0 N–H and O–H groups in total. The van der Waals surface area contributed by atoms with Crippen LogP contribution in [0.2, 0.25) is 0 Å². The second-order valence-corrected chi connectivity index (χ2v) is 10.4. The van der Waals surface area contributed by atoms with E-state index in [0.717, 1.165) is 16.7 Å². The second-order valence-electron chi connectivity index (χ2n) is 10.4. The van der Waals surface area contributed by atoms with Gasteiger partial charge in [-0.25, -0.2) is 9.79 Å². The van der Waals surface area contributed by atoms with Crippen molar-refractivity contribution in [2.75, 3.05) is 0 Å². The summed E-state index contributed by atoms with van der Waals surface area (Å²) >= 11 is 0. The third kappa shape index (κ3) is 6.63. The highest BCUT2D eigenvalue weighted by atomic mass is 16.6. The van der Waals surface area contributed by atoms with Crippen molar-refractivity contribution in [1.29, 1.82) is 0 Å². The summed E-state index contributed by atoms with van der Waals surface area (Å²) in [5, 5.41) is 0. The van der Waals surface area contributed by atoms with E-state index >= 15 is 0 Å². The third-order valence-corrected chi connectivity index (χ3v) is 6.38. The Labute approximate surface area is 229 Å². The molecule has 4 aromatic rings. The van der Waals surface area contributed by atoms with Gasteiger partial charge in [-0.1, -0.05) is 93.6 Å². The van der Waals surface area contributed by atoms with Crippen molar-refractivity contribution in [2.24, 2.45) is 4.99 Å². The molecule has 0 saturated carbocycles. The molecule has 1 aliphatic heterocycles. The molecule has 196 valence electrons. The Morgan fingerprint density at radius 2 is 1.38 bits per heavy atom. The van der Waals surface area contributed by atoms with Gasteiger partial charge in [0.2, 0.25) is 5.90 Å². The molecule has 0 aliphatic carbocycles. The maximum absolute atomic E-state index is 12.7. The standard InChI is InChI=1S/C34H31NO4/c1-34(2,3)28-17-14-26(15-18-28)32-35-30(33(36)39-32)20-27-16-19-29(37-22-24-10-6-4-7-11-24)21-31(27)38-23-25-12-8-5-9-13-25/h4-21H,22-23H2,1-3H3/b30-20-. The first-order valence-electron chi connectivity index (χ1n) is 13.0. The summed E-state index contributed by atoms with van der Waals surface area (Å²) in [5.74, 6) is 1.05. The Morgan fingerprint density at radius 1 is 0.769 bits per heavy atom. The Bertz CT molecular complexity index is 1500. The lowest BCUT2D eigenvalue weighted by molar-refractivity contribution is -0.129. The van der Waals surface area contributed by atoms with E-state index in [1.807, 2.05) is 103 Å². The van der Waals surface area contributed by atoms with Gasteiger partial charge in [0.1, 0.15) is 24.7 Å². The maximum Gasteiger partial charge on any atom is 0.363 e. The number of ether oxygens (including phenoxy) is 3. The number of nitrogens with zero attached hydrogens (tertiary/aromatic N) is 1. The highest BCUT2D eigenvalue weighted by Crippen LogP contribution is 2.30. The molecule has 0 spiro atoms. The highest BCUT2D eigenvalue weighted by Gasteiger charge is 2.25. The van der Waals surface area contributed by atoms with Crippen LogP contribution in [0.25, 0.3) is 6.08 Å². The van der Waals surface area contributed by atoms with Crippen LogP contribution in [0.4, 0.5) is 0 Å². The second kappa shape index (κ2) is 11.4. The SMILES string of the molecule is CC(C)(C)c1ccc(C2=N/C(=C\c3ccc(OCc4ccccc4)cc3OCc3ccccc3)C(=O)O2)cc1. The summed E-state index contributed by atoms with van der Waals surface area (Å²) in [6.07, 6.45) is 1.69. The Morgan fingerprint density at radius 3 is 2.00 bits per heavy atom. The van der Waals surface area contributed by atoms with E-state index in [-0.39, 0.29) is 11.1 Å². The molecule has 0 unspecified atom stereocenters. The van der Waals surface area contributed by atoms with Crippen LogP contribution in [0.3, 0.4) is 0 Å². The normalized spacial score (nSPS) is 14.2. The van der Waals surface area contributed by atoms with E-state index in [1.54, 1.807) is 6.08 Å². The van der Waals surface area contributed by atoms with Gasteiger partial charge in [0.15, 0.2) is 5.70 Å². The summed E-state index contributed by atoms with van der Waals surface area (Å²) in [7, 11) is 0. The zero-order valence-electron chi connectivity index (χ0n) is 22.4. The predicted octanol–water partition coefficient (Wildman–Crippen LogP) is 7.49. The quantitative estimate of drug-likeness (QED) is 0.180. The molecule has 0 aromatic heterocycles. The molecule has 5 nitrogen and oxygen atoms in total. The van der Waals surface area contributed by atoms with Crippen molar-refractivity contribution in [3.05, 3.63) is 137 Å². The van der Waals surface area contributed by atoms with Gasteiger partial charge in [0.05, 0.1) is 0 Å². The Hall–Kier alpha value is -4.64. The molecule has 39 heavy (non-hydrogen) atoms. The van der Waals surface area contributed by atoms with Crippen LogP contribution in [0.15, 0.2) is 114 Å². The van der Waals surface area contributed by atoms with Crippen LogP contribution in [0, 0.1) is 0 Å². The fraction of sp³-hybridized carbons (Fsp3) is 0.176. The van der Waals surface area contributed by atoms with Crippen LogP contribution in [0.5, 0.6) is 11.5 Å². The van der Waals surface area contributed by atoms with Crippen LogP contribution < -0.4 is 9.47 Å². The van der Waals surface area contributed by atoms with Crippen LogP contribution in [-0.4, -0.2) is 11.9 Å². The Kier molecular flexibility index (Phi) is 7.60. The van der Waals surface area contributed by atoms with E-state index in [9.17, 15) is 4.79 Å². The summed E-state index contributed by atoms with van der Waals surface area (Å²) in [4.78, 5) is 17.2. The number of hydrogen-bond donors (Lipinski definition) is 0. The van der Waals surface area contributed by atoms with Gasteiger partial charge in [-0.15, -0.1) is 0 Å². The maximum atomic E-state index is 12.7. The summed E-state index contributed by atoms with van der Waals surface area (Å²) < 4.78 is 17.7. The van der Waals surface area contributed by atoms with E-state index < -0.39 is 5.97 Å². The highest BCUT2D eigenvalue weighted by molar-refractivity contribution is 6.13. The van der Waals surface area contributed by atoms with Crippen molar-refractivity contribution < 1.29 is 19.0 Å². The lowest BCUT2D eigenvalue weighted by Gasteiger charge is -2.18. The predicted molar refractivity (Wildman–Crippen MR) is 154 cm³/mol. The molecule has 0 saturated heterocycles. The van der Waals surface area contributed by atoms with Crippen molar-refractivity contribution in [3.8, 4) is 11.5 Å². The first kappa shape index (κ1) is 26.0. The number of rotatable bonds is 8. The topological polar surface area (TPSA) is 57.1 Å². The van der Waals surface area contributed by atoms with Gasteiger partial charge in [-0.3, -0.25) is 0 Å². The van der Waals surface area contributed by atoms with E-state index in [0.29, 0.717) is 36.2 Å². The summed E-state index contributed by atoms with van der Waals surface area (Å²) in [6, 6.07) is 33.4. The molecular weight excluding hydrogens is 486 g/mol. The molecule has 4 aromatic carbocycles. The molecule has 0 radical (unpaired) electrons. The summed E-state index contributed by atoms with van der Waals surface area (Å²) in [5.41, 5.74) is 5.01. The van der Waals surface area contributed by atoms with E-state index in [1.165, 1.54) is 5.56 Å². The average Bonchev–Trinajstić information content (AvgIpc) is 3.32. The van der Waals surface area contributed by atoms with Gasteiger partial charge >= 0.3 is 5.97 Å². The van der Waals surface area contributed by atoms with Crippen LogP contribution >= 0.6 is 0 Å². The first-order chi connectivity index (χ1) is 18.8. The van der Waals surface area contributed by atoms with E-state index in [4.69, 9.17) is 14.2 Å². The minimum atomic E-state index is -0.497. The number of aliphatic imine (C=N–C) groups is 1. The molecule has 0 atom stereocenters. The number of cyclic esters (lactones) is 1. The Balaban J connectivity index is 1.41. The minimum Gasteiger partial charge on any atom is -0.489 e. The molecular formula is C34H31NO4. The lowest BCUT2D eigenvalue weighted by Crippen LogP contribution is -2.11.